The first-order valence-corrected chi connectivity index (χ1v) is 9.45. The van der Waals surface area contributed by atoms with Crippen molar-refractivity contribution >= 4 is 17.8 Å². The molecule has 0 saturated heterocycles. The Morgan fingerprint density at radius 3 is 2.35 bits per heavy atom. The first kappa shape index (κ1) is 26.5. The molecule has 0 aliphatic carbocycles. The van der Waals surface area contributed by atoms with Crippen molar-refractivity contribution in [3.63, 3.8) is 0 Å². The summed E-state index contributed by atoms with van der Waals surface area (Å²) in [6.07, 6.45) is -6.92. The Labute approximate surface area is 179 Å². The molecule has 1 heterocycles. The molecule has 0 fully saturated rings. The van der Waals surface area contributed by atoms with Crippen LogP contribution in [0, 0.1) is 0 Å². The lowest BCUT2D eigenvalue weighted by Gasteiger charge is -2.17. The molecule has 172 valence electrons. The lowest BCUT2D eigenvalue weighted by atomic mass is 10.0. The van der Waals surface area contributed by atoms with E-state index >= 15 is 0 Å². The molecule has 0 saturated carbocycles. The maximum Gasteiger partial charge on any atom is 0.389 e. The van der Waals surface area contributed by atoms with Crippen LogP contribution < -0.4 is 4.74 Å². The highest BCUT2D eigenvalue weighted by Crippen LogP contribution is 2.39. The summed E-state index contributed by atoms with van der Waals surface area (Å²) in [6, 6.07) is 3.86. The zero-order chi connectivity index (χ0) is 23.8. The van der Waals surface area contributed by atoms with Gasteiger partial charge in [0.05, 0.1) is 22.5 Å². The smallest absolute Gasteiger partial charge is 0.389 e. The maximum absolute atomic E-state index is 12.9. The molecule has 1 aromatic carbocycles. The molecule has 1 atom stereocenters. The molecule has 0 amide bonds. The second kappa shape index (κ2) is 11.8. The van der Waals surface area contributed by atoms with Gasteiger partial charge in [-0.25, -0.2) is 0 Å². The molecular weight excluding hydrogens is 451 g/mol. The third-order valence-corrected chi connectivity index (χ3v) is 4.56. The van der Waals surface area contributed by atoms with Crippen molar-refractivity contribution in [1.82, 2.24) is 9.78 Å². The van der Waals surface area contributed by atoms with Crippen LogP contribution in [0.15, 0.2) is 18.2 Å². The Hall–Kier alpha value is -2.49. The van der Waals surface area contributed by atoms with Crippen LogP contribution in [-0.4, -0.2) is 33.8 Å². The van der Waals surface area contributed by atoms with E-state index in [0.717, 1.165) is 6.07 Å². The van der Waals surface area contributed by atoms with Crippen LogP contribution in [0.4, 0.5) is 22.0 Å². The fourth-order valence-corrected chi connectivity index (χ4v) is 3.17. The summed E-state index contributed by atoms with van der Waals surface area (Å²) in [6.45, 7) is 0.895. The third-order valence-electron chi connectivity index (χ3n) is 4.16. The van der Waals surface area contributed by atoms with Crippen molar-refractivity contribution in [2.75, 3.05) is 0 Å². The number of hydrogen-bond donors (Lipinski definition) is 1. The molecule has 0 bridgehead atoms. The molecule has 12 heteroatoms. The van der Waals surface area contributed by atoms with Gasteiger partial charge in [-0.3, -0.25) is 4.68 Å². The average Bonchev–Trinajstić information content (AvgIpc) is 3.01. The summed E-state index contributed by atoms with van der Waals surface area (Å²) in [5, 5.41) is 14.6. The quantitative estimate of drug-likeness (QED) is 0.538. The predicted molar refractivity (Wildman–Crippen MR) is 99.6 cm³/mol. The van der Waals surface area contributed by atoms with Gasteiger partial charge in [-0.05, 0) is 37.5 Å². The Morgan fingerprint density at radius 2 is 1.87 bits per heavy atom. The van der Waals surface area contributed by atoms with Crippen LogP contribution in [0.25, 0.3) is 11.3 Å². The van der Waals surface area contributed by atoms with Gasteiger partial charge in [-0.15, -0.1) is 0 Å². The molecule has 0 spiro atoms. The number of ether oxygens (including phenoxy) is 1. The molecule has 1 N–H and O–H groups in total. The second-order valence-electron chi connectivity index (χ2n) is 6.17. The van der Waals surface area contributed by atoms with Crippen LogP contribution in [-0.2, 0) is 22.6 Å². The minimum Gasteiger partial charge on any atom is -0.434 e. The molecule has 0 radical (unpaired) electrons. The van der Waals surface area contributed by atoms with E-state index in [1.807, 2.05) is 6.92 Å². The van der Waals surface area contributed by atoms with Crippen molar-refractivity contribution in [2.24, 2.45) is 0 Å². The van der Waals surface area contributed by atoms with Crippen LogP contribution >= 0.6 is 11.6 Å². The summed E-state index contributed by atoms with van der Waals surface area (Å²) in [4.78, 5) is 16.2. The summed E-state index contributed by atoms with van der Waals surface area (Å²) in [7, 11) is 0. The van der Waals surface area contributed by atoms with Crippen LogP contribution in [0.2, 0.25) is 5.02 Å². The number of alkyl halides is 5. The Kier molecular flexibility index (Phi) is 10.1. The lowest BCUT2D eigenvalue weighted by Crippen LogP contribution is -2.11. The monoisotopic (exact) mass is 470 g/mol. The largest absolute Gasteiger partial charge is 0.434 e. The fourth-order valence-electron chi connectivity index (χ4n) is 2.80. The summed E-state index contributed by atoms with van der Waals surface area (Å²) < 4.78 is 69.1. The molecule has 6 nitrogen and oxygen atoms in total. The summed E-state index contributed by atoms with van der Waals surface area (Å²) >= 11 is 6.35. The van der Waals surface area contributed by atoms with Crippen LogP contribution in [0.1, 0.15) is 44.1 Å². The maximum atomic E-state index is 12.9. The Balaban J connectivity index is 0.00000151. The molecular formula is C19H20ClF5N2O4. The minimum atomic E-state index is -4.43. The number of rotatable bonds is 8. The van der Waals surface area contributed by atoms with Crippen molar-refractivity contribution in [3.05, 3.63) is 34.5 Å². The van der Waals surface area contributed by atoms with Crippen molar-refractivity contribution in [2.45, 2.75) is 58.5 Å². The van der Waals surface area contributed by atoms with E-state index < -0.39 is 31.7 Å². The first-order chi connectivity index (χ1) is 14.5. The minimum absolute atomic E-state index is 0.0399. The highest BCUT2D eigenvalue weighted by molar-refractivity contribution is 6.33. The Morgan fingerprint density at radius 1 is 1.26 bits per heavy atom. The van der Waals surface area contributed by atoms with Gasteiger partial charge < -0.3 is 9.84 Å². The normalized spacial score (nSPS) is 12.2. The van der Waals surface area contributed by atoms with E-state index in [9.17, 15) is 27.1 Å². The van der Waals surface area contributed by atoms with Gasteiger partial charge in [-0.1, -0.05) is 24.6 Å². The van der Waals surface area contributed by atoms with E-state index in [1.54, 1.807) is 6.92 Å². The average molecular weight is 471 g/mol. The van der Waals surface area contributed by atoms with Gasteiger partial charge in [0.25, 0.3) is 0 Å². The number of nitrogens with zero attached hydrogens (tertiary/aromatic N) is 2. The van der Waals surface area contributed by atoms with E-state index in [0.29, 0.717) is 24.4 Å². The van der Waals surface area contributed by atoms with Gasteiger partial charge in [0.2, 0.25) is 0 Å². The van der Waals surface area contributed by atoms with E-state index in [-0.39, 0.29) is 28.1 Å². The third kappa shape index (κ3) is 7.61. The Bertz CT molecular complexity index is 896. The van der Waals surface area contributed by atoms with Crippen molar-refractivity contribution < 1.29 is 41.4 Å². The highest BCUT2D eigenvalue weighted by Gasteiger charge is 2.29. The molecule has 0 aliphatic rings. The predicted octanol–water partition coefficient (Wildman–Crippen LogP) is 5.18. The number of aryl methyl sites for hydroxylation is 2. The number of carbonyl (C=O) groups excluding carboxylic acids is 2. The van der Waals surface area contributed by atoms with Crippen molar-refractivity contribution in [1.29, 1.82) is 0 Å². The van der Waals surface area contributed by atoms with Gasteiger partial charge in [0.1, 0.15) is 5.75 Å². The first-order valence-electron chi connectivity index (χ1n) is 9.07. The molecule has 1 unspecified atom stereocenters. The standard InChI is InChI=1S/C18H20ClF5N2O2.CO2/c1-3-12-15(19)16(26(4-2)25-12)11-6-5-10(9-14(11)28-17(20)21)13(27)7-8-18(22,23)24;2-1-3/h5-6,9,13,17,27H,3-4,7-8H2,1-2H3;. The molecule has 2 rings (SSSR count). The number of benzene rings is 1. The lowest BCUT2D eigenvalue weighted by molar-refractivity contribution is -0.191. The van der Waals surface area contributed by atoms with Gasteiger partial charge in [0.15, 0.2) is 0 Å². The zero-order valence-corrected chi connectivity index (χ0v) is 17.3. The highest BCUT2D eigenvalue weighted by atomic mass is 35.5. The number of hydrogen-bond acceptors (Lipinski definition) is 5. The van der Waals surface area contributed by atoms with Gasteiger partial charge in [0, 0.05) is 18.5 Å². The van der Waals surface area contributed by atoms with E-state index in [2.05, 4.69) is 9.84 Å². The SMILES string of the molecule is CCc1nn(CC)c(-c2ccc(C(O)CCC(F)(F)F)cc2OC(F)F)c1Cl.O=C=O. The fraction of sp³-hybridized carbons (Fsp3) is 0.474. The van der Waals surface area contributed by atoms with Crippen LogP contribution in [0.3, 0.4) is 0 Å². The number of aliphatic hydroxyl groups is 1. The molecule has 1 aromatic heterocycles. The summed E-state index contributed by atoms with van der Waals surface area (Å²) in [5.74, 6) is -0.294. The van der Waals surface area contributed by atoms with Gasteiger partial charge in [-0.2, -0.15) is 36.6 Å². The zero-order valence-electron chi connectivity index (χ0n) is 16.5. The summed E-state index contributed by atoms with van der Waals surface area (Å²) in [5.41, 5.74) is 1.20. The van der Waals surface area contributed by atoms with Crippen LogP contribution in [0.5, 0.6) is 5.75 Å². The van der Waals surface area contributed by atoms with E-state index in [1.165, 1.54) is 16.8 Å². The number of halogens is 6. The van der Waals surface area contributed by atoms with E-state index in [4.69, 9.17) is 21.2 Å². The topological polar surface area (TPSA) is 81.4 Å². The molecule has 31 heavy (non-hydrogen) atoms. The van der Waals surface area contributed by atoms with Gasteiger partial charge >= 0.3 is 18.9 Å². The molecule has 0 aliphatic heterocycles. The second-order valence-corrected chi connectivity index (χ2v) is 6.54. The molecule has 2 aromatic rings. The van der Waals surface area contributed by atoms with Crippen molar-refractivity contribution in [3.8, 4) is 17.0 Å². The number of aliphatic hydroxyl groups excluding tert-OH is 1. The number of aromatic nitrogens is 2.